The van der Waals surface area contributed by atoms with E-state index in [9.17, 15) is 0 Å². The second-order valence-corrected chi connectivity index (χ2v) is 7.05. The van der Waals surface area contributed by atoms with Crippen LogP contribution < -0.4 is 11.1 Å². The topological polar surface area (TPSA) is 55.9 Å². The summed E-state index contributed by atoms with van der Waals surface area (Å²) in [6, 6.07) is 4.57. The summed E-state index contributed by atoms with van der Waals surface area (Å²) < 4.78 is 1.97. The number of aryl methyl sites for hydroxylation is 1. The first-order valence-electron chi connectivity index (χ1n) is 6.95. The number of nitrogens with one attached hydrogen (secondary N) is 1. The van der Waals surface area contributed by atoms with Crippen LogP contribution in [0.15, 0.2) is 17.5 Å². The van der Waals surface area contributed by atoms with Gasteiger partial charge in [-0.3, -0.25) is 0 Å². The first-order valence-corrected chi connectivity index (χ1v) is 7.83. The molecule has 4 nitrogen and oxygen atoms in total. The Labute approximate surface area is 125 Å². The van der Waals surface area contributed by atoms with Crippen LogP contribution in [0.3, 0.4) is 0 Å². The van der Waals surface area contributed by atoms with Crippen LogP contribution >= 0.6 is 11.3 Å². The minimum Gasteiger partial charge on any atom is -0.394 e. The molecular weight excluding hydrogens is 268 g/mol. The van der Waals surface area contributed by atoms with E-state index in [4.69, 9.17) is 5.73 Å². The smallest absolute Gasteiger partial charge is 0.148 e. The molecular formula is C15H24N4S. The van der Waals surface area contributed by atoms with E-state index in [1.807, 2.05) is 11.6 Å². The number of aromatic nitrogens is 2. The molecule has 110 valence electrons. The summed E-state index contributed by atoms with van der Waals surface area (Å²) in [6.07, 6.45) is 0. The molecule has 2 rings (SSSR count). The Kier molecular flexibility index (Phi) is 4.09. The third-order valence-electron chi connectivity index (χ3n) is 3.51. The van der Waals surface area contributed by atoms with Crippen molar-refractivity contribution in [3.63, 3.8) is 0 Å². The second-order valence-electron chi connectivity index (χ2n) is 6.10. The number of nitrogens with two attached hydrogens (primary N) is 1. The summed E-state index contributed by atoms with van der Waals surface area (Å²) in [7, 11) is 0. The summed E-state index contributed by atoms with van der Waals surface area (Å²) >= 11 is 1.79. The van der Waals surface area contributed by atoms with Gasteiger partial charge in [0.1, 0.15) is 5.82 Å². The fourth-order valence-corrected chi connectivity index (χ4v) is 3.02. The maximum atomic E-state index is 6.15. The van der Waals surface area contributed by atoms with Gasteiger partial charge in [0, 0.05) is 22.9 Å². The monoisotopic (exact) mass is 292 g/mol. The van der Waals surface area contributed by atoms with Crippen LogP contribution in [0.4, 0.5) is 11.5 Å². The average Bonchev–Trinajstić information content (AvgIpc) is 2.98. The number of rotatable bonds is 5. The summed E-state index contributed by atoms with van der Waals surface area (Å²) in [5.74, 6) is 0.933. The molecule has 0 aromatic carbocycles. The van der Waals surface area contributed by atoms with E-state index in [0.717, 1.165) is 23.7 Å². The van der Waals surface area contributed by atoms with Gasteiger partial charge in [-0.15, -0.1) is 11.3 Å². The Morgan fingerprint density at radius 3 is 2.70 bits per heavy atom. The molecule has 2 aromatic rings. The summed E-state index contributed by atoms with van der Waals surface area (Å²) in [5.41, 5.74) is 7.85. The molecule has 0 fully saturated rings. The van der Waals surface area contributed by atoms with Gasteiger partial charge >= 0.3 is 0 Å². The molecule has 0 aliphatic carbocycles. The first kappa shape index (κ1) is 14.9. The van der Waals surface area contributed by atoms with Crippen LogP contribution in [0.2, 0.25) is 0 Å². The molecule has 2 heterocycles. The van der Waals surface area contributed by atoms with Gasteiger partial charge in [0.15, 0.2) is 0 Å². The molecule has 0 aliphatic rings. The lowest BCUT2D eigenvalue weighted by atomic mass is 9.91. The molecule has 0 bridgehead atoms. The van der Waals surface area contributed by atoms with Gasteiger partial charge in [-0.25, -0.2) is 4.68 Å². The zero-order chi connectivity index (χ0) is 14.9. The van der Waals surface area contributed by atoms with E-state index in [1.165, 1.54) is 4.88 Å². The minimum absolute atomic E-state index is 0.0700. The highest BCUT2D eigenvalue weighted by atomic mass is 32.1. The number of nitrogens with zero attached hydrogens (tertiary/aromatic N) is 2. The molecule has 0 atom stereocenters. The predicted molar refractivity (Wildman–Crippen MR) is 87.6 cm³/mol. The molecule has 0 unspecified atom stereocenters. The van der Waals surface area contributed by atoms with E-state index in [0.29, 0.717) is 6.04 Å². The number of nitrogen functional groups attached to an aromatic ring is 1. The predicted octanol–water partition coefficient (Wildman–Crippen LogP) is 3.81. The van der Waals surface area contributed by atoms with Crippen molar-refractivity contribution < 1.29 is 0 Å². The van der Waals surface area contributed by atoms with E-state index < -0.39 is 0 Å². The van der Waals surface area contributed by atoms with Crippen LogP contribution in [0.25, 0.3) is 0 Å². The maximum absolute atomic E-state index is 6.15. The van der Waals surface area contributed by atoms with E-state index in [-0.39, 0.29) is 5.41 Å². The molecule has 5 heteroatoms. The van der Waals surface area contributed by atoms with Crippen LogP contribution in [0.1, 0.15) is 44.3 Å². The van der Waals surface area contributed by atoms with Gasteiger partial charge in [0.05, 0.1) is 11.4 Å². The number of thiophene rings is 1. The quantitative estimate of drug-likeness (QED) is 0.881. The number of hydrogen-bond donors (Lipinski definition) is 2. The van der Waals surface area contributed by atoms with E-state index in [1.54, 1.807) is 11.3 Å². The largest absolute Gasteiger partial charge is 0.394 e. The van der Waals surface area contributed by atoms with Crippen LogP contribution in [-0.4, -0.2) is 16.3 Å². The van der Waals surface area contributed by atoms with Gasteiger partial charge < -0.3 is 11.1 Å². The maximum Gasteiger partial charge on any atom is 0.148 e. The van der Waals surface area contributed by atoms with Crippen LogP contribution in [0, 0.1) is 6.92 Å². The van der Waals surface area contributed by atoms with Crippen molar-refractivity contribution in [3.05, 3.63) is 28.1 Å². The van der Waals surface area contributed by atoms with Gasteiger partial charge in [-0.1, -0.05) is 19.9 Å². The third-order valence-corrected chi connectivity index (χ3v) is 4.74. The molecule has 3 N–H and O–H groups in total. The Morgan fingerprint density at radius 1 is 1.45 bits per heavy atom. The number of anilines is 2. The molecule has 0 amide bonds. The minimum atomic E-state index is 0.0700. The highest BCUT2D eigenvalue weighted by molar-refractivity contribution is 7.10. The molecule has 0 saturated heterocycles. The van der Waals surface area contributed by atoms with Crippen molar-refractivity contribution >= 4 is 22.8 Å². The molecule has 0 aliphatic heterocycles. The van der Waals surface area contributed by atoms with Gasteiger partial charge in [-0.2, -0.15) is 5.10 Å². The highest BCUT2D eigenvalue weighted by Crippen LogP contribution is 2.30. The molecule has 0 spiro atoms. The normalized spacial score (nSPS) is 12.1. The van der Waals surface area contributed by atoms with Gasteiger partial charge in [0.2, 0.25) is 0 Å². The fourth-order valence-electron chi connectivity index (χ4n) is 2.17. The lowest BCUT2D eigenvalue weighted by Gasteiger charge is -2.25. The Balaban J connectivity index is 2.19. The second kappa shape index (κ2) is 5.48. The fraction of sp³-hybridized carbons (Fsp3) is 0.533. The zero-order valence-electron chi connectivity index (χ0n) is 12.9. The first-order chi connectivity index (χ1) is 9.33. The average molecular weight is 292 g/mol. The lowest BCUT2D eigenvalue weighted by molar-refractivity contribution is 0.523. The van der Waals surface area contributed by atoms with Crippen molar-refractivity contribution in [3.8, 4) is 0 Å². The van der Waals surface area contributed by atoms with Gasteiger partial charge in [-0.05, 0) is 32.2 Å². The lowest BCUT2D eigenvalue weighted by Crippen LogP contribution is -2.28. The van der Waals surface area contributed by atoms with E-state index >= 15 is 0 Å². The van der Waals surface area contributed by atoms with Crippen molar-refractivity contribution in [1.29, 1.82) is 0 Å². The number of hydrogen-bond acceptors (Lipinski definition) is 4. The SMILES string of the molecule is Cc1nn(C(C)C)c(NCC(C)(C)c2cccs2)c1N. The third kappa shape index (κ3) is 2.82. The summed E-state index contributed by atoms with van der Waals surface area (Å²) in [5, 5.41) is 10.1. The van der Waals surface area contributed by atoms with Crippen molar-refractivity contribution in [1.82, 2.24) is 9.78 Å². The molecule has 0 saturated carbocycles. The van der Waals surface area contributed by atoms with E-state index in [2.05, 4.69) is 55.6 Å². The standard InChI is InChI=1S/C15H24N4S/c1-10(2)19-14(13(16)11(3)18-19)17-9-15(4,5)12-7-6-8-20-12/h6-8,10,17H,9,16H2,1-5H3. The Morgan fingerprint density at radius 2 is 2.15 bits per heavy atom. The summed E-state index contributed by atoms with van der Waals surface area (Å²) in [6.45, 7) is 11.5. The highest BCUT2D eigenvalue weighted by Gasteiger charge is 2.23. The summed E-state index contributed by atoms with van der Waals surface area (Å²) in [4.78, 5) is 1.37. The van der Waals surface area contributed by atoms with Crippen molar-refractivity contribution in [2.45, 2.75) is 46.1 Å². The van der Waals surface area contributed by atoms with Crippen molar-refractivity contribution in [2.75, 3.05) is 17.6 Å². The Hall–Kier alpha value is -1.49. The van der Waals surface area contributed by atoms with Crippen LogP contribution in [0.5, 0.6) is 0 Å². The molecule has 20 heavy (non-hydrogen) atoms. The van der Waals surface area contributed by atoms with Crippen molar-refractivity contribution in [2.24, 2.45) is 0 Å². The Bertz CT molecular complexity index is 567. The molecule has 0 radical (unpaired) electrons. The molecule has 2 aromatic heterocycles. The van der Waals surface area contributed by atoms with Gasteiger partial charge in [0.25, 0.3) is 0 Å². The van der Waals surface area contributed by atoms with Crippen LogP contribution in [-0.2, 0) is 5.41 Å². The zero-order valence-corrected chi connectivity index (χ0v) is 13.7.